The number of amides is 1. The molecule has 0 fully saturated rings. The van der Waals surface area contributed by atoms with Crippen LogP contribution in [0.4, 0.5) is 4.79 Å². The third-order valence-corrected chi connectivity index (χ3v) is 5.24. The maximum absolute atomic E-state index is 12.1. The van der Waals surface area contributed by atoms with E-state index < -0.39 is 17.7 Å². The van der Waals surface area contributed by atoms with E-state index in [4.69, 9.17) is 23.7 Å². The first-order valence-electron chi connectivity index (χ1n) is 11.9. The molecule has 1 aliphatic carbocycles. The first-order valence-corrected chi connectivity index (χ1v) is 11.9. The van der Waals surface area contributed by atoms with Crippen LogP contribution >= 0.6 is 0 Å². The largest absolute Gasteiger partial charge is 0.458 e. The summed E-state index contributed by atoms with van der Waals surface area (Å²) >= 11 is 0. The van der Waals surface area contributed by atoms with Crippen molar-refractivity contribution in [2.75, 3.05) is 52.8 Å². The monoisotopic (exact) mass is 485 g/mol. The maximum Gasteiger partial charge on any atom is 0.407 e. The third kappa shape index (κ3) is 8.65. The lowest BCUT2D eigenvalue weighted by Crippen LogP contribution is -2.29. The van der Waals surface area contributed by atoms with Gasteiger partial charge < -0.3 is 29.0 Å². The molecular formula is C27H35NO7. The lowest BCUT2D eigenvalue weighted by Gasteiger charge is -2.19. The molecule has 2 aromatic carbocycles. The molecule has 0 spiro atoms. The number of fused-ring (bicyclic) bond motifs is 3. The molecular weight excluding hydrogens is 450 g/mol. The highest BCUT2D eigenvalue weighted by atomic mass is 16.6. The van der Waals surface area contributed by atoms with Gasteiger partial charge in [0.15, 0.2) is 0 Å². The number of nitrogens with one attached hydrogen (secondary N) is 1. The predicted molar refractivity (Wildman–Crippen MR) is 131 cm³/mol. The fraction of sp³-hybridized carbons (Fsp3) is 0.481. The molecule has 0 bridgehead atoms. The van der Waals surface area contributed by atoms with Crippen LogP contribution < -0.4 is 5.32 Å². The number of ether oxygens (including phenoxy) is 5. The van der Waals surface area contributed by atoms with E-state index in [0.29, 0.717) is 39.6 Å². The van der Waals surface area contributed by atoms with Crippen LogP contribution in [-0.2, 0) is 28.5 Å². The van der Waals surface area contributed by atoms with Crippen LogP contribution in [0.15, 0.2) is 48.5 Å². The highest BCUT2D eigenvalue weighted by Crippen LogP contribution is 2.44. The van der Waals surface area contributed by atoms with E-state index in [0.717, 1.165) is 0 Å². The molecule has 2 aromatic rings. The van der Waals surface area contributed by atoms with Gasteiger partial charge in [0.25, 0.3) is 0 Å². The smallest absolute Gasteiger partial charge is 0.407 e. The van der Waals surface area contributed by atoms with Crippen molar-refractivity contribution in [3.63, 3.8) is 0 Å². The molecule has 0 atom stereocenters. The molecule has 1 amide bonds. The number of rotatable bonds is 13. The van der Waals surface area contributed by atoms with E-state index in [1.807, 2.05) is 24.3 Å². The van der Waals surface area contributed by atoms with Crippen molar-refractivity contribution in [1.82, 2.24) is 5.32 Å². The molecule has 0 aliphatic heterocycles. The molecule has 190 valence electrons. The summed E-state index contributed by atoms with van der Waals surface area (Å²) in [5.74, 6) is -0.362. The van der Waals surface area contributed by atoms with Gasteiger partial charge in [0, 0.05) is 12.5 Å². The molecule has 0 radical (unpaired) electrons. The Labute approximate surface area is 206 Å². The number of alkyl carbamates (subject to hydrolysis) is 1. The summed E-state index contributed by atoms with van der Waals surface area (Å²) in [6.07, 6.45) is -0.464. The van der Waals surface area contributed by atoms with Crippen LogP contribution in [0.3, 0.4) is 0 Å². The summed E-state index contributed by atoms with van der Waals surface area (Å²) < 4.78 is 26.7. The van der Waals surface area contributed by atoms with Gasteiger partial charge in [0.05, 0.1) is 33.0 Å². The summed E-state index contributed by atoms with van der Waals surface area (Å²) in [7, 11) is 0. The number of hydrogen-bond donors (Lipinski definition) is 1. The fourth-order valence-electron chi connectivity index (χ4n) is 3.84. The molecule has 3 rings (SSSR count). The minimum absolute atomic E-state index is 0.0367. The second-order valence-electron chi connectivity index (χ2n) is 9.12. The first kappa shape index (κ1) is 26.7. The van der Waals surface area contributed by atoms with Gasteiger partial charge in [-0.1, -0.05) is 48.5 Å². The standard InChI is InChI=1S/C27H35NO7/c1-27(2,3)35-25(29)19-33-17-16-32-15-14-31-13-12-28-26(30)34-18-24-22-10-6-4-8-20(22)21-9-5-7-11-23(21)24/h4-11,24H,12-19H2,1-3H3,(H,28,30). The summed E-state index contributed by atoms with van der Waals surface area (Å²) in [6.45, 7) is 7.72. The number of carbonyl (C=O) groups excluding carboxylic acids is 2. The van der Waals surface area contributed by atoms with Crippen molar-refractivity contribution in [3.8, 4) is 11.1 Å². The average Bonchev–Trinajstić information content (AvgIpc) is 3.14. The van der Waals surface area contributed by atoms with Crippen LogP contribution in [-0.4, -0.2) is 70.5 Å². The Hall–Kier alpha value is -2.94. The Morgan fingerprint density at radius 3 is 1.94 bits per heavy atom. The predicted octanol–water partition coefficient (Wildman–Crippen LogP) is 3.92. The van der Waals surface area contributed by atoms with Gasteiger partial charge >= 0.3 is 12.1 Å². The first-order chi connectivity index (χ1) is 16.8. The molecule has 8 nitrogen and oxygen atoms in total. The molecule has 0 unspecified atom stereocenters. The van der Waals surface area contributed by atoms with Crippen LogP contribution in [0.25, 0.3) is 11.1 Å². The second kappa shape index (κ2) is 13.2. The van der Waals surface area contributed by atoms with Gasteiger partial charge in [-0.25, -0.2) is 9.59 Å². The Kier molecular flexibility index (Phi) is 10.1. The summed E-state index contributed by atoms with van der Waals surface area (Å²) in [5.41, 5.74) is 4.23. The van der Waals surface area contributed by atoms with Crippen molar-refractivity contribution in [2.24, 2.45) is 0 Å². The quantitative estimate of drug-likeness (QED) is 0.340. The second-order valence-corrected chi connectivity index (χ2v) is 9.12. The zero-order valence-corrected chi connectivity index (χ0v) is 20.7. The van der Waals surface area contributed by atoms with Crippen molar-refractivity contribution in [3.05, 3.63) is 59.7 Å². The summed E-state index contributed by atoms with van der Waals surface area (Å²) in [4.78, 5) is 23.6. The van der Waals surface area contributed by atoms with Gasteiger partial charge in [-0.15, -0.1) is 0 Å². The molecule has 0 aromatic heterocycles. The summed E-state index contributed by atoms with van der Waals surface area (Å²) in [5, 5.41) is 2.71. The summed E-state index contributed by atoms with van der Waals surface area (Å²) in [6, 6.07) is 16.5. The van der Waals surface area contributed by atoms with Gasteiger partial charge in [-0.2, -0.15) is 0 Å². The molecule has 35 heavy (non-hydrogen) atoms. The van der Waals surface area contributed by atoms with Crippen molar-refractivity contribution >= 4 is 12.1 Å². The molecule has 1 aliphatic rings. The van der Waals surface area contributed by atoms with Gasteiger partial charge in [-0.3, -0.25) is 0 Å². The topological polar surface area (TPSA) is 92.3 Å². The van der Waals surface area contributed by atoms with E-state index in [1.54, 1.807) is 20.8 Å². The molecule has 0 saturated carbocycles. The minimum Gasteiger partial charge on any atom is -0.458 e. The number of benzene rings is 2. The maximum atomic E-state index is 12.1. The zero-order valence-electron chi connectivity index (χ0n) is 20.7. The van der Waals surface area contributed by atoms with Crippen LogP contribution in [0.5, 0.6) is 0 Å². The van der Waals surface area contributed by atoms with Crippen molar-refractivity contribution in [2.45, 2.75) is 32.3 Å². The van der Waals surface area contributed by atoms with E-state index in [9.17, 15) is 9.59 Å². The average molecular weight is 486 g/mol. The van der Waals surface area contributed by atoms with Crippen LogP contribution in [0.2, 0.25) is 0 Å². The Balaban J connectivity index is 1.20. The Bertz CT molecular complexity index is 924. The van der Waals surface area contributed by atoms with Gasteiger partial charge in [0.1, 0.15) is 18.8 Å². The third-order valence-electron chi connectivity index (χ3n) is 5.24. The van der Waals surface area contributed by atoms with Gasteiger partial charge in [-0.05, 0) is 43.0 Å². The van der Waals surface area contributed by atoms with E-state index in [2.05, 4.69) is 29.6 Å². The lowest BCUT2D eigenvalue weighted by molar-refractivity contribution is -0.160. The van der Waals surface area contributed by atoms with Gasteiger partial charge in [0.2, 0.25) is 0 Å². The van der Waals surface area contributed by atoms with Crippen molar-refractivity contribution in [1.29, 1.82) is 0 Å². The van der Waals surface area contributed by atoms with E-state index >= 15 is 0 Å². The zero-order chi connectivity index (χ0) is 25.1. The number of esters is 1. The van der Waals surface area contributed by atoms with Crippen molar-refractivity contribution < 1.29 is 33.3 Å². The molecule has 1 N–H and O–H groups in total. The lowest BCUT2D eigenvalue weighted by atomic mass is 9.98. The van der Waals surface area contributed by atoms with E-state index in [1.165, 1.54) is 22.3 Å². The Morgan fingerprint density at radius 2 is 1.34 bits per heavy atom. The van der Waals surface area contributed by atoms with E-state index in [-0.39, 0.29) is 19.1 Å². The highest BCUT2D eigenvalue weighted by Gasteiger charge is 2.28. The highest BCUT2D eigenvalue weighted by molar-refractivity contribution is 5.79. The minimum atomic E-state index is -0.520. The molecule has 0 heterocycles. The Morgan fingerprint density at radius 1 is 0.800 bits per heavy atom. The molecule has 8 heteroatoms. The van der Waals surface area contributed by atoms with Crippen LogP contribution in [0.1, 0.15) is 37.8 Å². The SMILES string of the molecule is CC(C)(C)OC(=O)COCCOCCOCCNC(=O)OCC1c2ccccc2-c2ccccc21. The van der Waals surface area contributed by atoms with Crippen LogP contribution in [0, 0.1) is 0 Å². The normalized spacial score (nSPS) is 12.7. The molecule has 0 saturated heterocycles. The fourth-order valence-corrected chi connectivity index (χ4v) is 3.84. The number of carbonyl (C=O) groups is 2. The number of hydrogen-bond acceptors (Lipinski definition) is 7.